The van der Waals surface area contributed by atoms with Crippen molar-refractivity contribution in [1.82, 2.24) is 9.69 Å². The van der Waals surface area contributed by atoms with Crippen molar-refractivity contribution >= 4 is 22.4 Å². The Morgan fingerprint density at radius 1 is 1.29 bits per heavy atom. The standard InChI is InChI=1S/C14H20N2S/c1-4-15-13(10(2)3)9-14-11-7-5-6-8-12(11)16-17-14/h5-8,10,13,15H,4,9H2,1-3H3. The molecule has 1 N–H and O–H groups in total. The van der Waals surface area contributed by atoms with Crippen LogP contribution in [0.3, 0.4) is 0 Å². The zero-order valence-corrected chi connectivity index (χ0v) is 11.6. The van der Waals surface area contributed by atoms with Crippen LogP contribution in [0.1, 0.15) is 25.6 Å². The number of likely N-dealkylation sites (N-methyl/N-ethyl adjacent to an activating group) is 1. The van der Waals surface area contributed by atoms with Crippen LogP contribution in [0.2, 0.25) is 0 Å². The fraction of sp³-hybridized carbons (Fsp3) is 0.500. The summed E-state index contributed by atoms with van der Waals surface area (Å²) in [4.78, 5) is 1.40. The van der Waals surface area contributed by atoms with Crippen molar-refractivity contribution in [3.8, 4) is 0 Å². The first-order chi connectivity index (χ1) is 8.22. The van der Waals surface area contributed by atoms with E-state index in [0.717, 1.165) is 18.5 Å². The zero-order valence-electron chi connectivity index (χ0n) is 10.7. The second-order valence-corrected chi connectivity index (χ2v) is 5.59. The smallest absolute Gasteiger partial charge is 0.0843 e. The van der Waals surface area contributed by atoms with Crippen LogP contribution in [-0.2, 0) is 6.42 Å². The molecular weight excluding hydrogens is 228 g/mol. The number of nitrogens with one attached hydrogen (secondary N) is 1. The molecule has 0 spiro atoms. The van der Waals surface area contributed by atoms with Crippen LogP contribution in [0.4, 0.5) is 0 Å². The Hall–Kier alpha value is -0.930. The molecule has 1 heterocycles. The summed E-state index contributed by atoms with van der Waals surface area (Å²) in [6.45, 7) is 7.74. The van der Waals surface area contributed by atoms with Gasteiger partial charge in [-0.2, -0.15) is 4.37 Å². The molecule has 0 aliphatic carbocycles. The van der Waals surface area contributed by atoms with E-state index < -0.39 is 0 Å². The largest absolute Gasteiger partial charge is 0.314 e. The molecule has 0 saturated carbocycles. The van der Waals surface area contributed by atoms with Gasteiger partial charge < -0.3 is 5.32 Å². The molecule has 1 aromatic carbocycles. The Labute approximate surface area is 107 Å². The number of benzene rings is 1. The highest BCUT2D eigenvalue weighted by atomic mass is 32.1. The molecule has 0 bridgehead atoms. The van der Waals surface area contributed by atoms with Crippen molar-refractivity contribution < 1.29 is 0 Å². The number of fused-ring (bicyclic) bond motifs is 1. The molecule has 0 amide bonds. The van der Waals surface area contributed by atoms with E-state index in [1.54, 1.807) is 11.5 Å². The Morgan fingerprint density at radius 2 is 2.06 bits per heavy atom. The summed E-state index contributed by atoms with van der Waals surface area (Å²) in [7, 11) is 0. The Balaban J connectivity index is 2.22. The van der Waals surface area contributed by atoms with Gasteiger partial charge >= 0.3 is 0 Å². The molecule has 1 unspecified atom stereocenters. The summed E-state index contributed by atoms with van der Waals surface area (Å²) in [6.07, 6.45) is 1.08. The van der Waals surface area contributed by atoms with Gasteiger partial charge in [0.15, 0.2) is 0 Å². The predicted octanol–water partition coefficient (Wildman–Crippen LogP) is 3.47. The first-order valence-corrected chi connectivity index (χ1v) is 7.06. The second-order valence-electron chi connectivity index (χ2n) is 4.74. The third-order valence-corrected chi connectivity index (χ3v) is 4.03. The first-order valence-electron chi connectivity index (χ1n) is 6.29. The average Bonchev–Trinajstić information content (AvgIpc) is 2.72. The van der Waals surface area contributed by atoms with Crippen LogP contribution in [0.5, 0.6) is 0 Å². The highest BCUT2D eigenvalue weighted by molar-refractivity contribution is 7.07. The minimum Gasteiger partial charge on any atom is -0.314 e. The zero-order chi connectivity index (χ0) is 12.3. The minimum atomic E-state index is 0.545. The minimum absolute atomic E-state index is 0.545. The van der Waals surface area contributed by atoms with Crippen molar-refractivity contribution in [2.24, 2.45) is 5.92 Å². The van der Waals surface area contributed by atoms with E-state index in [2.05, 4.69) is 54.7 Å². The van der Waals surface area contributed by atoms with Crippen LogP contribution < -0.4 is 5.32 Å². The fourth-order valence-corrected chi connectivity index (χ4v) is 2.99. The molecular formula is C14H20N2S. The third kappa shape index (κ3) is 2.85. The molecule has 2 nitrogen and oxygen atoms in total. The van der Waals surface area contributed by atoms with Gasteiger partial charge in [-0.05, 0) is 36.5 Å². The topological polar surface area (TPSA) is 24.9 Å². The molecule has 2 rings (SSSR count). The van der Waals surface area contributed by atoms with E-state index in [1.165, 1.54) is 10.3 Å². The Kier molecular flexibility index (Phi) is 4.13. The molecule has 92 valence electrons. The summed E-state index contributed by atoms with van der Waals surface area (Å²) in [6, 6.07) is 8.96. The van der Waals surface area contributed by atoms with Gasteiger partial charge in [-0.3, -0.25) is 0 Å². The maximum absolute atomic E-state index is 4.51. The molecule has 0 radical (unpaired) electrons. The number of nitrogens with zero attached hydrogens (tertiary/aromatic N) is 1. The Morgan fingerprint density at radius 3 is 2.76 bits per heavy atom. The molecule has 1 aromatic heterocycles. The van der Waals surface area contributed by atoms with E-state index in [9.17, 15) is 0 Å². The highest BCUT2D eigenvalue weighted by Gasteiger charge is 2.15. The molecule has 0 saturated heterocycles. The number of hydrogen-bond acceptors (Lipinski definition) is 3. The summed E-state index contributed by atoms with van der Waals surface area (Å²) >= 11 is 1.64. The van der Waals surface area contributed by atoms with Crippen LogP contribution in [0, 0.1) is 5.92 Å². The summed E-state index contributed by atoms with van der Waals surface area (Å²) in [5.41, 5.74) is 1.13. The van der Waals surface area contributed by atoms with Crippen molar-refractivity contribution in [2.75, 3.05) is 6.54 Å². The summed E-state index contributed by atoms with van der Waals surface area (Å²) < 4.78 is 4.51. The fourth-order valence-electron chi connectivity index (χ4n) is 2.10. The lowest BCUT2D eigenvalue weighted by Crippen LogP contribution is -2.35. The quantitative estimate of drug-likeness (QED) is 0.876. The van der Waals surface area contributed by atoms with Gasteiger partial charge in [0, 0.05) is 16.3 Å². The monoisotopic (exact) mass is 248 g/mol. The van der Waals surface area contributed by atoms with Crippen LogP contribution in [0.25, 0.3) is 10.9 Å². The number of hydrogen-bond donors (Lipinski definition) is 1. The van der Waals surface area contributed by atoms with Gasteiger partial charge in [-0.1, -0.05) is 39.0 Å². The van der Waals surface area contributed by atoms with Crippen LogP contribution >= 0.6 is 11.5 Å². The van der Waals surface area contributed by atoms with Crippen LogP contribution in [0.15, 0.2) is 24.3 Å². The van der Waals surface area contributed by atoms with Gasteiger partial charge in [0.2, 0.25) is 0 Å². The first kappa shape index (κ1) is 12.5. The lowest BCUT2D eigenvalue weighted by Gasteiger charge is -2.20. The average molecular weight is 248 g/mol. The van der Waals surface area contributed by atoms with Gasteiger partial charge in [0.1, 0.15) is 0 Å². The van der Waals surface area contributed by atoms with Crippen molar-refractivity contribution in [2.45, 2.75) is 33.2 Å². The molecule has 0 aliphatic heterocycles. The van der Waals surface area contributed by atoms with E-state index in [4.69, 9.17) is 0 Å². The van der Waals surface area contributed by atoms with Gasteiger partial charge in [-0.25, -0.2) is 0 Å². The lowest BCUT2D eigenvalue weighted by molar-refractivity contribution is 0.408. The normalized spacial score (nSPS) is 13.4. The summed E-state index contributed by atoms with van der Waals surface area (Å²) in [5.74, 6) is 0.649. The van der Waals surface area contributed by atoms with Crippen molar-refractivity contribution in [1.29, 1.82) is 0 Å². The van der Waals surface area contributed by atoms with Crippen molar-refractivity contribution in [3.63, 3.8) is 0 Å². The van der Waals surface area contributed by atoms with Crippen LogP contribution in [-0.4, -0.2) is 17.0 Å². The SMILES string of the molecule is CCNC(Cc1snc2ccccc12)C(C)C. The van der Waals surface area contributed by atoms with E-state index in [1.807, 2.05) is 0 Å². The predicted molar refractivity (Wildman–Crippen MR) is 75.6 cm³/mol. The number of aromatic nitrogens is 1. The molecule has 17 heavy (non-hydrogen) atoms. The van der Waals surface area contributed by atoms with Gasteiger partial charge in [-0.15, -0.1) is 0 Å². The second kappa shape index (κ2) is 5.61. The molecule has 3 heteroatoms. The van der Waals surface area contributed by atoms with Gasteiger partial charge in [0.05, 0.1) is 5.52 Å². The highest BCUT2D eigenvalue weighted by Crippen LogP contribution is 2.24. The van der Waals surface area contributed by atoms with E-state index in [-0.39, 0.29) is 0 Å². The molecule has 2 aromatic rings. The lowest BCUT2D eigenvalue weighted by atomic mass is 9.99. The molecule has 1 atom stereocenters. The number of rotatable bonds is 5. The van der Waals surface area contributed by atoms with E-state index >= 15 is 0 Å². The molecule has 0 aliphatic rings. The third-order valence-electron chi connectivity index (χ3n) is 3.14. The van der Waals surface area contributed by atoms with Crippen molar-refractivity contribution in [3.05, 3.63) is 29.1 Å². The van der Waals surface area contributed by atoms with E-state index in [0.29, 0.717) is 12.0 Å². The molecule has 0 fully saturated rings. The summed E-state index contributed by atoms with van der Waals surface area (Å²) in [5, 5.41) is 4.88. The maximum atomic E-state index is 4.51. The van der Waals surface area contributed by atoms with Gasteiger partial charge in [0.25, 0.3) is 0 Å². The maximum Gasteiger partial charge on any atom is 0.0843 e. The Bertz CT molecular complexity index is 476.